The Labute approximate surface area is 156 Å². The predicted octanol–water partition coefficient (Wildman–Crippen LogP) is 3.06. The summed E-state index contributed by atoms with van der Waals surface area (Å²) in [6.45, 7) is 1.74. The Hall–Kier alpha value is -2.61. The fourth-order valence-electron chi connectivity index (χ4n) is 2.15. The molecule has 1 unspecified atom stereocenters. The molecule has 0 spiro atoms. The van der Waals surface area contributed by atoms with Crippen molar-refractivity contribution in [1.82, 2.24) is 10.4 Å². The fraction of sp³-hybridized carbons (Fsp3) is 0.222. The number of ether oxygens (including phenoxy) is 1. The van der Waals surface area contributed by atoms with Crippen molar-refractivity contribution < 1.29 is 19.5 Å². The molecule has 0 aliphatic heterocycles. The first-order valence-corrected chi connectivity index (χ1v) is 8.29. The third-order valence-corrected chi connectivity index (χ3v) is 3.77. The normalized spacial score (nSPS) is 11.7. The lowest BCUT2D eigenvalue weighted by atomic mass is 10.1. The monoisotopic (exact) mass is 377 g/mol. The molecule has 0 bridgehead atoms. The highest BCUT2D eigenvalue weighted by atomic mass is 35.5. The molecular formula is C18H20ClN3O4. The van der Waals surface area contributed by atoms with E-state index in [2.05, 4.69) is 5.32 Å². The van der Waals surface area contributed by atoms with Crippen molar-refractivity contribution in [2.75, 3.05) is 13.1 Å². The van der Waals surface area contributed by atoms with Crippen LogP contribution in [0.5, 0.6) is 11.5 Å². The summed E-state index contributed by atoms with van der Waals surface area (Å²) in [4.78, 5) is 23.1. The minimum absolute atomic E-state index is 0.0255. The van der Waals surface area contributed by atoms with Gasteiger partial charge in [-0.25, -0.2) is 9.86 Å². The Bertz CT molecular complexity index is 767. The molecule has 26 heavy (non-hydrogen) atoms. The Morgan fingerprint density at radius 3 is 2.58 bits per heavy atom. The lowest BCUT2D eigenvalue weighted by molar-refractivity contribution is -0.0443. The van der Waals surface area contributed by atoms with Crippen molar-refractivity contribution in [1.29, 1.82) is 0 Å². The summed E-state index contributed by atoms with van der Waals surface area (Å²) < 4.78 is 5.71. The second-order valence-corrected chi connectivity index (χ2v) is 6.15. The third kappa shape index (κ3) is 6.03. The van der Waals surface area contributed by atoms with Crippen molar-refractivity contribution in [2.45, 2.75) is 13.0 Å². The molecule has 0 aliphatic rings. The van der Waals surface area contributed by atoms with Gasteiger partial charge >= 0.3 is 6.03 Å². The summed E-state index contributed by atoms with van der Waals surface area (Å²) in [5.41, 5.74) is 5.42. The van der Waals surface area contributed by atoms with Gasteiger partial charge in [-0.3, -0.25) is 10.0 Å². The standard InChI is InChI=1S/C18H20ClN3O4/c1-12(11-22(25)18(20)24)21-10-17(23)13-3-2-4-16(9-13)26-15-7-5-14(19)6-8-15/h2-9,12,21,25H,10-11H2,1H3,(H2,20,24). The van der Waals surface area contributed by atoms with Crippen molar-refractivity contribution >= 4 is 23.4 Å². The van der Waals surface area contributed by atoms with Crippen LogP contribution in [-0.2, 0) is 0 Å². The van der Waals surface area contributed by atoms with Crippen LogP contribution in [0, 0.1) is 0 Å². The molecule has 0 saturated heterocycles. The number of urea groups is 1. The molecule has 0 heterocycles. The number of rotatable bonds is 8. The maximum absolute atomic E-state index is 12.3. The van der Waals surface area contributed by atoms with E-state index in [9.17, 15) is 14.8 Å². The average Bonchev–Trinajstić information content (AvgIpc) is 2.61. The summed E-state index contributed by atoms with van der Waals surface area (Å²) in [5, 5.41) is 13.2. The number of ketones is 1. The zero-order chi connectivity index (χ0) is 19.1. The minimum Gasteiger partial charge on any atom is -0.457 e. The van der Waals surface area contributed by atoms with Crippen LogP contribution in [0.3, 0.4) is 0 Å². The van der Waals surface area contributed by atoms with Gasteiger partial charge in [-0.15, -0.1) is 0 Å². The molecule has 2 aromatic rings. The predicted molar refractivity (Wildman–Crippen MR) is 97.8 cm³/mol. The van der Waals surface area contributed by atoms with Gasteiger partial charge in [0.1, 0.15) is 11.5 Å². The van der Waals surface area contributed by atoms with E-state index >= 15 is 0 Å². The molecule has 0 aromatic heterocycles. The number of carbonyl (C=O) groups is 2. The van der Waals surface area contributed by atoms with Crippen LogP contribution in [0.1, 0.15) is 17.3 Å². The van der Waals surface area contributed by atoms with Gasteiger partial charge in [0, 0.05) is 16.6 Å². The number of benzene rings is 2. The fourth-order valence-corrected chi connectivity index (χ4v) is 2.28. The number of amides is 2. The second kappa shape index (κ2) is 9.19. The number of halogens is 1. The number of nitrogens with one attached hydrogen (secondary N) is 1. The quantitative estimate of drug-likeness (QED) is 0.372. The van der Waals surface area contributed by atoms with Crippen molar-refractivity contribution in [2.24, 2.45) is 5.73 Å². The first-order valence-electron chi connectivity index (χ1n) is 7.91. The molecule has 2 amide bonds. The summed E-state index contributed by atoms with van der Waals surface area (Å²) in [6, 6.07) is 12.4. The molecule has 8 heteroatoms. The van der Waals surface area contributed by atoms with Crippen molar-refractivity contribution in [3.63, 3.8) is 0 Å². The van der Waals surface area contributed by atoms with E-state index in [4.69, 9.17) is 22.1 Å². The number of Topliss-reactive ketones (excluding diaryl/α,β-unsaturated/α-hetero) is 1. The Morgan fingerprint density at radius 1 is 1.23 bits per heavy atom. The number of nitrogens with two attached hydrogens (primary N) is 1. The van der Waals surface area contributed by atoms with E-state index < -0.39 is 6.03 Å². The van der Waals surface area contributed by atoms with Crippen LogP contribution in [0.2, 0.25) is 5.02 Å². The van der Waals surface area contributed by atoms with Gasteiger partial charge in [0.2, 0.25) is 0 Å². The molecule has 7 nitrogen and oxygen atoms in total. The van der Waals surface area contributed by atoms with Crippen molar-refractivity contribution in [3.05, 3.63) is 59.1 Å². The Morgan fingerprint density at radius 2 is 1.92 bits per heavy atom. The van der Waals surface area contributed by atoms with E-state index in [-0.39, 0.29) is 24.9 Å². The van der Waals surface area contributed by atoms with Gasteiger partial charge in [-0.05, 0) is 43.3 Å². The number of primary amides is 1. The van der Waals surface area contributed by atoms with E-state index in [0.717, 1.165) is 0 Å². The van der Waals surface area contributed by atoms with E-state index in [1.165, 1.54) is 0 Å². The Balaban J connectivity index is 1.93. The van der Waals surface area contributed by atoms with Crippen LogP contribution in [0.15, 0.2) is 48.5 Å². The first-order chi connectivity index (χ1) is 12.3. The van der Waals surface area contributed by atoms with Crippen LogP contribution in [0.4, 0.5) is 4.79 Å². The smallest absolute Gasteiger partial charge is 0.338 e. The summed E-state index contributed by atoms with van der Waals surface area (Å²) >= 11 is 5.84. The lowest BCUT2D eigenvalue weighted by Gasteiger charge is -2.18. The molecule has 0 radical (unpaired) electrons. The molecule has 0 fully saturated rings. The van der Waals surface area contributed by atoms with Gasteiger partial charge in [0.15, 0.2) is 5.78 Å². The topological polar surface area (TPSA) is 105 Å². The number of nitrogens with zero attached hydrogens (tertiary/aromatic N) is 1. The summed E-state index contributed by atoms with van der Waals surface area (Å²) in [6.07, 6.45) is 0. The third-order valence-electron chi connectivity index (χ3n) is 3.52. The number of hydroxylamine groups is 2. The van der Waals surface area contributed by atoms with Crippen LogP contribution in [-0.4, -0.2) is 41.2 Å². The van der Waals surface area contributed by atoms with Gasteiger partial charge in [-0.1, -0.05) is 23.7 Å². The average molecular weight is 378 g/mol. The highest BCUT2D eigenvalue weighted by Gasteiger charge is 2.13. The molecule has 4 N–H and O–H groups in total. The number of hydrogen-bond acceptors (Lipinski definition) is 5. The first kappa shape index (κ1) is 19.7. The molecular weight excluding hydrogens is 358 g/mol. The lowest BCUT2D eigenvalue weighted by Crippen LogP contribution is -2.44. The molecule has 0 saturated carbocycles. The van der Waals surface area contributed by atoms with Crippen LogP contribution in [0.25, 0.3) is 0 Å². The summed E-state index contributed by atoms with van der Waals surface area (Å²) in [7, 11) is 0. The second-order valence-electron chi connectivity index (χ2n) is 5.71. The van der Waals surface area contributed by atoms with E-state index in [1.807, 2.05) is 0 Å². The van der Waals surface area contributed by atoms with Crippen LogP contribution < -0.4 is 15.8 Å². The van der Waals surface area contributed by atoms with Gasteiger partial charge in [0.25, 0.3) is 0 Å². The van der Waals surface area contributed by atoms with Crippen LogP contribution >= 0.6 is 11.6 Å². The Kier molecular flexibility index (Phi) is 6.97. The van der Waals surface area contributed by atoms with E-state index in [1.54, 1.807) is 55.5 Å². The van der Waals surface area contributed by atoms with Gasteiger partial charge in [-0.2, -0.15) is 0 Å². The number of hydrogen-bond donors (Lipinski definition) is 3. The maximum atomic E-state index is 12.3. The van der Waals surface area contributed by atoms with E-state index in [0.29, 0.717) is 27.1 Å². The summed E-state index contributed by atoms with van der Waals surface area (Å²) in [5.74, 6) is 0.990. The SMILES string of the molecule is CC(CN(O)C(N)=O)NCC(=O)c1cccc(Oc2ccc(Cl)cc2)c1. The van der Waals surface area contributed by atoms with Crippen molar-refractivity contribution in [3.8, 4) is 11.5 Å². The zero-order valence-electron chi connectivity index (χ0n) is 14.2. The molecule has 1 atom stereocenters. The zero-order valence-corrected chi connectivity index (χ0v) is 14.9. The minimum atomic E-state index is -0.947. The highest BCUT2D eigenvalue weighted by Crippen LogP contribution is 2.23. The molecule has 2 rings (SSSR count). The molecule has 0 aliphatic carbocycles. The highest BCUT2D eigenvalue weighted by molar-refractivity contribution is 6.30. The number of carbonyl (C=O) groups excluding carboxylic acids is 2. The molecule has 2 aromatic carbocycles. The maximum Gasteiger partial charge on any atom is 0.338 e. The van der Waals surface area contributed by atoms with Gasteiger partial charge < -0.3 is 15.8 Å². The van der Waals surface area contributed by atoms with Gasteiger partial charge in [0.05, 0.1) is 13.1 Å². The largest absolute Gasteiger partial charge is 0.457 e. The molecule has 138 valence electrons.